The van der Waals surface area contributed by atoms with Crippen molar-refractivity contribution in [2.45, 2.75) is 52.5 Å². The Balaban J connectivity index is 2.56. The van der Waals surface area contributed by atoms with Crippen molar-refractivity contribution in [2.75, 3.05) is 13.1 Å². The van der Waals surface area contributed by atoms with E-state index in [9.17, 15) is 4.79 Å². The highest BCUT2D eigenvalue weighted by atomic mass is 79.9. The summed E-state index contributed by atoms with van der Waals surface area (Å²) >= 11 is 9.50. The van der Waals surface area contributed by atoms with Crippen LogP contribution in [-0.2, 0) is 0 Å². The van der Waals surface area contributed by atoms with Crippen LogP contribution in [0.15, 0.2) is 22.7 Å². The van der Waals surface area contributed by atoms with Crippen LogP contribution in [0.2, 0.25) is 5.02 Å². The second-order valence-corrected chi connectivity index (χ2v) is 6.96. The number of carbonyl (C=O) groups excluding carboxylic acids is 1. The van der Waals surface area contributed by atoms with Crippen molar-refractivity contribution in [3.63, 3.8) is 0 Å². The van der Waals surface area contributed by atoms with Crippen molar-refractivity contribution in [3.05, 3.63) is 33.3 Å². The Hall–Kier alpha value is -0.380. The number of benzene rings is 1. The molecule has 1 aromatic carbocycles. The van der Waals surface area contributed by atoms with E-state index in [1.165, 1.54) is 19.3 Å². The quantitative estimate of drug-likeness (QED) is 0.415. The van der Waals surface area contributed by atoms with Gasteiger partial charge in [-0.2, -0.15) is 0 Å². The monoisotopic (exact) mass is 373 g/mol. The van der Waals surface area contributed by atoms with E-state index in [0.717, 1.165) is 17.6 Å². The number of carbonyl (C=O) groups is 1. The number of hydrogen-bond donors (Lipinski definition) is 0. The van der Waals surface area contributed by atoms with Gasteiger partial charge < -0.3 is 4.90 Å². The first-order chi connectivity index (χ1) is 9.95. The minimum atomic E-state index is 0.119. The zero-order valence-corrected chi connectivity index (χ0v) is 15.5. The molecule has 0 aliphatic carbocycles. The molecule has 0 saturated carbocycles. The number of unbranched alkanes of at least 4 members (excludes halogenated alkanes) is 2. The van der Waals surface area contributed by atoms with Gasteiger partial charge in [0.2, 0.25) is 0 Å². The summed E-state index contributed by atoms with van der Waals surface area (Å²) < 4.78 is 0.896. The molecule has 0 N–H and O–H groups in total. The predicted octanol–water partition coefficient (Wildman–Crippen LogP) is 5.58. The number of nitrogens with zero attached hydrogens (tertiary/aromatic N) is 1. The topological polar surface area (TPSA) is 20.3 Å². The van der Waals surface area contributed by atoms with E-state index < -0.39 is 0 Å². The maximum absolute atomic E-state index is 12.3. The molecule has 0 aliphatic rings. The predicted molar refractivity (Wildman–Crippen MR) is 94.3 cm³/mol. The van der Waals surface area contributed by atoms with Gasteiger partial charge in [0, 0.05) is 29.0 Å². The Bertz CT molecular complexity index is 462. The van der Waals surface area contributed by atoms with E-state index in [1.54, 1.807) is 12.1 Å². The molecule has 0 aromatic heterocycles. The van der Waals surface area contributed by atoms with Crippen molar-refractivity contribution in [3.8, 4) is 0 Å². The Morgan fingerprint density at radius 1 is 1.29 bits per heavy atom. The molecular formula is C17H25BrClNO. The van der Waals surface area contributed by atoms with Crippen LogP contribution in [-0.4, -0.2) is 29.8 Å². The van der Waals surface area contributed by atoms with Crippen LogP contribution in [0.3, 0.4) is 0 Å². The third-order valence-electron chi connectivity index (χ3n) is 3.64. The molecule has 0 fully saturated rings. The van der Waals surface area contributed by atoms with Crippen LogP contribution in [0.1, 0.15) is 56.8 Å². The molecule has 0 radical (unpaired) electrons. The molecule has 21 heavy (non-hydrogen) atoms. The average Bonchev–Trinajstić information content (AvgIpc) is 2.41. The molecule has 1 rings (SSSR count). The van der Waals surface area contributed by atoms with Crippen LogP contribution in [0.5, 0.6) is 0 Å². The highest BCUT2D eigenvalue weighted by molar-refractivity contribution is 9.10. The normalized spacial score (nSPS) is 11.4. The first kappa shape index (κ1) is 18.7. The van der Waals surface area contributed by atoms with Gasteiger partial charge in [0.25, 0.3) is 0 Å². The summed E-state index contributed by atoms with van der Waals surface area (Å²) in [5, 5.41) is 0.524. The highest BCUT2D eigenvalue weighted by Crippen LogP contribution is 2.22. The van der Waals surface area contributed by atoms with Crippen molar-refractivity contribution in [2.24, 2.45) is 0 Å². The molecule has 0 amide bonds. The zero-order valence-electron chi connectivity index (χ0n) is 13.2. The van der Waals surface area contributed by atoms with E-state index >= 15 is 0 Å². The third-order valence-corrected chi connectivity index (χ3v) is 4.44. The largest absolute Gasteiger partial charge is 0.300 e. The highest BCUT2D eigenvalue weighted by Gasteiger charge is 2.14. The number of halogens is 2. The Morgan fingerprint density at radius 2 is 2.00 bits per heavy atom. The molecule has 4 heteroatoms. The summed E-state index contributed by atoms with van der Waals surface area (Å²) in [6.45, 7) is 8.43. The molecule has 0 saturated heterocycles. The van der Waals surface area contributed by atoms with Crippen molar-refractivity contribution < 1.29 is 4.79 Å². The summed E-state index contributed by atoms with van der Waals surface area (Å²) in [6.07, 6.45) is 4.18. The van der Waals surface area contributed by atoms with E-state index in [2.05, 4.69) is 41.6 Å². The van der Waals surface area contributed by atoms with Gasteiger partial charge in [-0.15, -0.1) is 0 Å². The SMILES string of the molecule is CCCCCN(CCC(=O)c1ccc(Br)cc1Cl)C(C)C. The molecule has 0 atom stereocenters. The van der Waals surface area contributed by atoms with Crippen molar-refractivity contribution >= 4 is 33.3 Å². The maximum Gasteiger partial charge on any atom is 0.165 e. The fraction of sp³-hybridized carbons (Fsp3) is 0.588. The van der Waals surface area contributed by atoms with Crippen LogP contribution >= 0.6 is 27.5 Å². The fourth-order valence-electron chi connectivity index (χ4n) is 2.29. The van der Waals surface area contributed by atoms with Gasteiger partial charge in [-0.1, -0.05) is 47.3 Å². The smallest absolute Gasteiger partial charge is 0.165 e. The summed E-state index contributed by atoms with van der Waals surface area (Å²) in [4.78, 5) is 14.7. The molecule has 0 aliphatic heterocycles. The number of rotatable bonds is 9. The Morgan fingerprint density at radius 3 is 2.57 bits per heavy atom. The van der Waals surface area contributed by atoms with Crippen LogP contribution in [0.25, 0.3) is 0 Å². The van der Waals surface area contributed by atoms with Gasteiger partial charge in [0.15, 0.2) is 5.78 Å². The van der Waals surface area contributed by atoms with Crippen LogP contribution in [0, 0.1) is 0 Å². The second-order valence-electron chi connectivity index (χ2n) is 5.63. The number of ketones is 1. The first-order valence-corrected chi connectivity index (χ1v) is 8.85. The molecule has 0 bridgehead atoms. The fourth-order valence-corrected chi connectivity index (χ4v) is 3.07. The van der Waals surface area contributed by atoms with Crippen molar-refractivity contribution in [1.29, 1.82) is 0 Å². The van der Waals surface area contributed by atoms with E-state index in [1.807, 2.05) is 6.07 Å². The lowest BCUT2D eigenvalue weighted by Crippen LogP contribution is -2.33. The van der Waals surface area contributed by atoms with Gasteiger partial charge in [-0.25, -0.2) is 0 Å². The number of Topliss-reactive ketones (excluding diaryl/α,β-unsaturated/α-hetero) is 1. The van der Waals surface area contributed by atoms with Gasteiger partial charge in [0.1, 0.15) is 0 Å². The molecular weight excluding hydrogens is 350 g/mol. The average molecular weight is 375 g/mol. The standard InChI is InChI=1S/C17H25BrClNO/c1-4-5-6-10-20(13(2)3)11-9-17(21)15-8-7-14(18)12-16(15)19/h7-8,12-13H,4-6,9-11H2,1-3H3. The number of hydrogen-bond acceptors (Lipinski definition) is 2. The van der Waals surface area contributed by atoms with Gasteiger partial charge in [0.05, 0.1) is 5.02 Å². The Kier molecular flexibility index (Phi) is 8.53. The van der Waals surface area contributed by atoms with Gasteiger partial charge in [-0.05, 0) is 45.0 Å². The lowest BCUT2D eigenvalue weighted by atomic mass is 10.1. The van der Waals surface area contributed by atoms with Crippen LogP contribution < -0.4 is 0 Å². The van der Waals surface area contributed by atoms with Crippen LogP contribution in [0.4, 0.5) is 0 Å². The molecule has 0 spiro atoms. The summed E-state index contributed by atoms with van der Waals surface area (Å²) in [7, 11) is 0. The molecule has 118 valence electrons. The molecule has 2 nitrogen and oxygen atoms in total. The molecule has 1 aromatic rings. The first-order valence-electron chi connectivity index (χ1n) is 7.68. The second kappa shape index (κ2) is 9.60. The lowest BCUT2D eigenvalue weighted by molar-refractivity contribution is 0.0955. The van der Waals surface area contributed by atoms with E-state index in [-0.39, 0.29) is 5.78 Å². The van der Waals surface area contributed by atoms with E-state index in [0.29, 0.717) is 23.0 Å². The zero-order chi connectivity index (χ0) is 15.8. The Labute approximate surface area is 142 Å². The molecule has 0 heterocycles. The minimum Gasteiger partial charge on any atom is -0.300 e. The third kappa shape index (κ3) is 6.50. The lowest BCUT2D eigenvalue weighted by Gasteiger charge is -2.26. The maximum atomic E-state index is 12.3. The summed E-state index contributed by atoms with van der Waals surface area (Å²) in [6, 6.07) is 5.90. The van der Waals surface area contributed by atoms with Gasteiger partial charge >= 0.3 is 0 Å². The summed E-state index contributed by atoms with van der Waals surface area (Å²) in [5.74, 6) is 0.119. The minimum absolute atomic E-state index is 0.119. The summed E-state index contributed by atoms with van der Waals surface area (Å²) in [5.41, 5.74) is 0.622. The van der Waals surface area contributed by atoms with Crippen molar-refractivity contribution in [1.82, 2.24) is 4.90 Å². The van der Waals surface area contributed by atoms with E-state index in [4.69, 9.17) is 11.6 Å². The van der Waals surface area contributed by atoms with Gasteiger partial charge in [-0.3, -0.25) is 4.79 Å². The molecule has 0 unspecified atom stereocenters.